The van der Waals surface area contributed by atoms with Gasteiger partial charge in [0.2, 0.25) is 5.16 Å². The average molecular weight is 368 g/mol. The summed E-state index contributed by atoms with van der Waals surface area (Å²) in [6.07, 6.45) is 1.57. The highest BCUT2D eigenvalue weighted by Crippen LogP contribution is 2.38. The summed E-state index contributed by atoms with van der Waals surface area (Å²) >= 11 is 1.37. The van der Waals surface area contributed by atoms with Crippen LogP contribution < -0.4 is 5.43 Å². The number of carbonyl (C=O) groups is 1. The Morgan fingerprint density at radius 3 is 2.65 bits per heavy atom. The number of ketones is 1. The monoisotopic (exact) mass is 368 g/mol. The van der Waals surface area contributed by atoms with Crippen molar-refractivity contribution >= 4 is 17.5 Å². The van der Waals surface area contributed by atoms with Crippen LogP contribution in [0.25, 0.3) is 0 Å². The van der Waals surface area contributed by atoms with E-state index in [0.29, 0.717) is 10.7 Å². The lowest BCUT2D eigenvalue weighted by Gasteiger charge is -2.32. The number of rotatable bonds is 3. The molecule has 0 saturated heterocycles. The Hall–Kier alpha value is -2.67. The number of fused-ring (bicyclic) bond motifs is 1. The molecule has 0 aliphatic carbocycles. The molecule has 2 atom stereocenters. The summed E-state index contributed by atoms with van der Waals surface area (Å²) in [5, 5.41) is 8.15. The summed E-state index contributed by atoms with van der Waals surface area (Å²) in [6, 6.07) is 11.6. The van der Waals surface area contributed by atoms with Crippen LogP contribution in [0.4, 0.5) is 4.39 Å². The highest BCUT2D eigenvalue weighted by Gasteiger charge is 2.37. The average Bonchev–Trinajstić information content (AvgIpc) is 3.10. The van der Waals surface area contributed by atoms with Crippen molar-refractivity contribution in [1.82, 2.24) is 14.9 Å². The normalized spacial score (nSPS) is 18.9. The Kier molecular flexibility index (Phi) is 4.24. The van der Waals surface area contributed by atoms with Gasteiger partial charge in [-0.1, -0.05) is 36.0 Å². The van der Waals surface area contributed by atoms with Crippen molar-refractivity contribution < 1.29 is 9.18 Å². The Labute approximate surface area is 154 Å². The van der Waals surface area contributed by atoms with Crippen molar-refractivity contribution in [1.29, 1.82) is 0 Å². The van der Waals surface area contributed by atoms with Crippen LogP contribution in [0, 0.1) is 19.7 Å². The Balaban J connectivity index is 1.73. The van der Waals surface area contributed by atoms with Gasteiger partial charge in [-0.15, -0.1) is 10.2 Å². The minimum atomic E-state index is -0.431. The number of aromatic nitrogens is 3. The quantitative estimate of drug-likeness (QED) is 0.715. The second-order valence-electron chi connectivity index (χ2n) is 6.34. The number of thioether (sulfide) groups is 1. The third-order valence-corrected chi connectivity index (χ3v) is 5.84. The largest absolute Gasteiger partial charge is 0.313 e. The highest BCUT2D eigenvalue weighted by molar-refractivity contribution is 8.00. The lowest BCUT2D eigenvalue weighted by atomic mass is 9.96. The van der Waals surface area contributed by atoms with Crippen LogP contribution in [0.2, 0.25) is 0 Å². The lowest BCUT2D eigenvalue weighted by molar-refractivity contribution is 0.0980. The van der Waals surface area contributed by atoms with Crippen LogP contribution in [0.15, 0.2) is 53.9 Å². The van der Waals surface area contributed by atoms with Crippen molar-refractivity contribution in [2.75, 3.05) is 5.43 Å². The number of benzene rings is 2. The molecule has 0 bridgehead atoms. The van der Waals surface area contributed by atoms with Gasteiger partial charge in [-0.3, -0.25) is 4.79 Å². The van der Waals surface area contributed by atoms with Gasteiger partial charge in [-0.05, 0) is 48.7 Å². The molecule has 0 saturated carbocycles. The Morgan fingerprint density at radius 1 is 1.15 bits per heavy atom. The minimum absolute atomic E-state index is 0.00850. The fourth-order valence-corrected chi connectivity index (χ4v) is 4.11. The van der Waals surface area contributed by atoms with Gasteiger partial charge in [0, 0.05) is 5.56 Å². The molecule has 1 aliphatic heterocycles. The van der Waals surface area contributed by atoms with Crippen LogP contribution in [0.3, 0.4) is 0 Å². The van der Waals surface area contributed by atoms with Crippen molar-refractivity contribution in [3.63, 3.8) is 0 Å². The number of aryl methyl sites for hydroxylation is 2. The van der Waals surface area contributed by atoms with Gasteiger partial charge < -0.3 is 5.43 Å². The van der Waals surface area contributed by atoms with Gasteiger partial charge in [-0.2, -0.15) is 0 Å². The first-order valence-electron chi connectivity index (χ1n) is 8.23. The zero-order chi connectivity index (χ0) is 18.3. The molecule has 0 radical (unpaired) electrons. The van der Waals surface area contributed by atoms with E-state index in [9.17, 15) is 9.18 Å². The predicted molar refractivity (Wildman–Crippen MR) is 98.4 cm³/mol. The molecule has 5 nitrogen and oxygen atoms in total. The fraction of sp³-hybridized carbons (Fsp3) is 0.211. The standard InChI is InChI=1S/C19H17FN4OS/c1-11-3-4-14(9-12(11)2)17(25)18-16(13-5-7-15(20)8-6-13)23-24-10-21-22-19(24)26-18/h3-10,16,18,23H,1-2H3/t16-,18-/m0/s1. The first kappa shape index (κ1) is 16.8. The van der Waals surface area contributed by atoms with Crippen LogP contribution >= 0.6 is 11.8 Å². The first-order chi connectivity index (χ1) is 12.5. The maximum Gasteiger partial charge on any atom is 0.210 e. The second-order valence-corrected chi connectivity index (χ2v) is 7.45. The number of hydrogen-bond acceptors (Lipinski definition) is 5. The molecule has 3 aromatic rings. The summed E-state index contributed by atoms with van der Waals surface area (Å²) in [5.41, 5.74) is 6.98. The van der Waals surface area contributed by atoms with Crippen molar-refractivity contribution in [2.24, 2.45) is 0 Å². The zero-order valence-electron chi connectivity index (χ0n) is 14.3. The second kappa shape index (κ2) is 6.57. The smallest absolute Gasteiger partial charge is 0.210 e. The molecule has 1 N–H and O–H groups in total. The molecule has 7 heteroatoms. The van der Waals surface area contributed by atoms with E-state index in [0.717, 1.165) is 16.7 Å². The molecule has 2 heterocycles. The summed E-state index contributed by atoms with van der Waals surface area (Å²) in [6.45, 7) is 4.01. The molecule has 0 amide bonds. The van der Waals surface area contributed by atoms with Crippen molar-refractivity contribution in [2.45, 2.75) is 30.3 Å². The lowest BCUT2D eigenvalue weighted by Crippen LogP contribution is -2.38. The Morgan fingerprint density at radius 2 is 1.92 bits per heavy atom. The van der Waals surface area contributed by atoms with Gasteiger partial charge in [0.15, 0.2) is 5.78 Å². The number of nitrogens with one attached hydrogen (secondary N) is 1. The van der Waals surface area contributed by atoms with E-state index < -0.39 is 5.25 Å². The van der Waals surface area contributed by atoms with Gasteiger partial charge >= 0.3 is 0 Å². The third-order valence-electron chi connectivity index (χ3n) is 4.61. The van der Waals surface area contributed by atoms with Crippen LogP contribution in [0.1, 0.15) is 33.1 Å². The zero-order valence-corrected chi connectivity index (χ0v) is 15.1. The number of nitrogens with zero attached hydrogens (tertiary/aromatic N) is 3. The molecule has 0 spiro atoms. The van der Waals surface area contributed by atoms with E-state index in [-0.39, 0.29) is 17.6 Å². The molecule has 4 rings (SSSR count). The molecule has 1 aromatic heterocycles. The van der Waals surface area contributed by atoms with E-state index in [1.54, 1.807) is 23.1 Å². The van der Waals surface area contributed by atoms with E-state index in [1.165, 1.54) is 23.9 Å². The van der Waals surface area contributed by atoms with Gasteiger partial charge in [0.1, 0.15) is 17.4 Å². The highest BCUT2D eigenvalue weighted by atomic mass is 32.2. The van der Waals surface area contributed by atoms with E-state index >= 15 is 0 Å². The number of carbonyl (C=O) groups excluding carboxylic acids is 1. The SMILES string of the molecule is Cc1ccc(C(=O)[C@H]2Sc3nncn3N[C@H]2c2ccc(F)cc2)cc1C. The maximum atomic E-state index is 13.3. The van der Waals surface area contributed by atoms with Gasteiger partial charge in [0.05, 0.1) is 6.04 Å². The fourth-order valence-electron chi connectivity index (χ4n) is 2.98. The maximum absolute atomic E-state index is 13.3. The summed E-state index contributed by atoms with van der Waals surface area (Å²) < 4.78 is 15.0. The molecule has 0 fully saturated rings. The first-order valence-corrected chi connectivity index (χ1v) is 9.11. The van der Waals surface area contributed by atoms with Crippen LogP contribution in [-0.2, 0) is 0 Å². The minimum Gasteiger partial charge on any atom is -0.313 e. The molecular weight excluding hydrogens is 351 g/mol. The summed E-state index contributed by atoms with van der Waals surface area (Å²) in [7, 11) is 0. The molecule has 26 heavy (non-hydrogen) atoms. The molecule has 2 aromatic carbocycles. The topological polar surface area (TPSA) is 59.8 Å². The van der Waals surface area contributed by atoms with Gasteiger partial charge in [-0.25, -0.2) is 9.07 Å². The third kappa shape index (κ3) is 2.99. The van der Waals surface area contributed by atoms with Crippen LogP contribution in [0.5, 0.6) is 0 Å². The van der Waals surface area contributed by atoms with Crippen molar-refractivity contribution in [3.05, 3.63) is 76.9 Å². The molecule has 132 valence electrons. The molecule has 0 unspecified atom stereocenters. The van der Waals surface area contributed by atoms with E-state index in [2.05, 4.69) is 15.6 Å². The molecular formula is C19H17FN4OS. The number of halogens is 1. The molecule has 1 aliphatic rings. The summed E-state index contributed by atoms with van der Waals surface area (Å²) in [4.78, 5) is 13.3. The summed E-state index contributed by atoms with van der Waals surface area (Å²) in [5.74, 6) is -0.298. The Bertz CT molecular complexity index is 970. The predicted octanol–water partition coefficient (Wildman–Crippen LogP) is 3.68. The van der Waals surface area contributed by atoms with E-state index in [4.69, 9.17) is 0 Å². The number of hydrogen-bond donors (Lipinski definition) is 1. The van der Waals surface area contributed by atoms with E-state index in [1.807, 2.05) is 32.0 Å². The van der Waals surface area contributed by atoms with Gasteiger partial charge in [0.25, 0.3) is 0 Å². The number of Topliss-reactive ketones (excluding diaryl/α,β-unsaturated/α-hetero) is 1. The van der Waals surface area contributed by atoms with Crippen molar-refractivity contribution in [3.8, 4) is 0 Å². The van der Waals surface area contributed by atoms with Crippen LogP contribution in [-0.4, -0.2) is 25.9 Å².